The van der Waals surface area contributed by atoms with Gasteiger partial charge in [0.2, 0.25) is 23.6 Å². The van der Waals surface area contributed by atoms with Crippen molar-refractivity contribution >= 4 is 23.6 Å². The van der Waals surface area contributed by atoms with Gasteiger partial charge in [0.1, 0.15) is 0 Å². The largest absolute Gasteiger partial charge is 0.369 e. The minimum atomic E-state index is -0.579. The molecule has 2 N–H and O–H groups in total. The Hall–Kier alpha value is -2.12. The van der Waals surface area contributed by atoms with E-state index in [1.165, 1.54) is 21.6 Å². The Morgan fingerprint density at radius 1 is 1.14 bits per heavy atom. The predicted octanol–water partition coefficient (Wildman–Crippen LogP) is -1.60. The number of hydrogen-bond donors (Lipinski definition) is 1. The van der Waals surface area contributed by atoms with Crippen molar-refractivity contribution in [2.75, 3.05) is 39.3 Å². The van der Waals surface area contributed by atoms with Crippen LogP contribution >= 0.6 is 0 Å². The third-order valence-corrected chi connectivity index (χ3v) is 4.22. The van der Waals surface area contributed by atoms with Gasteiger partial charge in [-0.15, -0.1) is 0 Å². The predicted molar refractivity (Wildman–Crippen MR) is 77.3 cm³/mol. The van der Waals surface area contributed by atoms with Crippen LogP contribution in [0.3, 0.4) is 0 Å². The van der Waals surface area contributed by atoms with E-state index in [4.69, 9.17) is 5.73 Å². The van der Waals surface area contributed by atoms with Crippen molar-refractivity contribution in [3.05, 3.63) is 0 Å². The first kappa shape index (κ1) is 16.3. The molecule has 8 heteroatoms. The van der Waals surface area contributed by atoms with Gasteiger partial charge in [-0.1, -0.05) is 0 Å². The van der Waals surface area contributed by atoms with Crippen molar-refractivity contribution in [2.45, 2.75) is 19.8 Å². The number of amides is 4. The highest BCUT2D eigenvalue weighted by molar-refractivity contribution is 5.86. The van der Waals surface area contributed by atoms with Crippen molar-refractivity contribution in [1.82, 2.24) is 14.7 Å². The van der Waals surface area contributed by atoms with Gasteiger partial charge in [-0.25, -0.2) is 0 Å². The standard InChI is InChI=1S/C14H22N4O4/c1-10(19)16-5-6-18(8-11(7-16)14(15)22)13(21)9-17-4-2-3-12(17)20/h11H,2-9H2,1H3,(H2,15,22). The number of rotatable bonds is 3. The van der Waals surface area contributed by atoms with Gasteiger partial charge in [0.25, 0.3) is 0 Å². The summed E-state index contributed by atoms with van der Waals surface area (Å²) >= 11 is 0. The molecule has 2 fully saturated rings. The summed E-state index contributed by atoms with van der Waals surface area (Å²) in [6.07, 6.45) is 1.25. The summed E-state index contributed by atoms with van der Waals surface area (Å²) in [5.74, 6) is -1.46. The van der Waals surface area contributed by atoms with Crippen LogP contribution in [0.15, 0.2) is 0 Å². The molecule has 0 aromatic rings. The molecule has 2 rings (SSSR count). The van der Waals surface area contributed by atoms with Crippen molar-refractivity contribution in [3.8, 4) is 0 Å². The van der Waals surface area contributed by atoms with E-state index < -0.39 is 11.8 Å². The van der Waals surface area contributed by atoms with E-state index in [1.807, 2.05) is 0 Å². The molecule has 2 aliphatic heterocycles. The Labute approximate surface area is 129 Å². The van der Waals surface area contributed by atoms with E-state index >= 15 is 0 Å². The first-order valence-corrected chi connectivity index (χ1v) is 7.49. The van der Waals surface area contributed by atoms with Gasteiger partial charge in [-0.2, -0.15) is 0 Å². The molecule has 0 radical (unpaired) electrons. The molecule has 2 aliphatic rings. The third-order valence-electron chi connectivity index (χ3n) is 4.22. The summed E-state index contributed by atoms with van der Waals surface area (Å²) < 4.78 is 0. The first-order chi connectivity index (χ1) is 10.4. The smallest absolute Gasteiger partial charge is 0.242 e. The molecular formula is C14H22N4O4. The zero-order chi connectivity index (χ0) is 16.3. The molecular weight excluding hydrogens is 288 g/mol. The molecule has 1 atom stereocenters. The van der Waals surface area contributed by atoms with Crippen molar-refractivity contribution in [2.24, 2.45) is 11.7 Å². The summed E-state index contributed by atoms with van der Waals surface area (Å²) in [6.45, 7) is 3.21. The van der Waals surface area contributed by atoms with Crippen LogP contribution in [0.2, 0.25) is 0 Å². The second-order valence-corrected chi connectivity index (χ2v) is 5.82. The van der Waals surface area contributed by atoms with E-state index in [2.05, 4.69) is 0 Å². The Kier molecular flexibility index (Phi) is 4.99. The van der Waals surface area contributed by atoms with Crippen LogP contribution in [0, 0.1) is 5.92 Å². The first-order valence-electron chi connectivity index (χ1n) is 7.49. The minimum absolute atomic E-state index is 0.0139. The Bertz CT molecular complexity index is 493. The summed E-state index contributed by atoms with van der Waals surface area (Å²) in [6, 6.07) is 0. The molecule has 4 amide bonds. The topological polar surface area (TPSA) is 104 Å². The average Bonchev–Trinajstić information content (AvgIpc) is 2.74. The van der Waals surface area contributed by atoms with Gasteiger partial charge in [0.05, 0.1) is 12.5 Å². The van der Waals surface area contributed by atoms with Crippen LogP contribution in [-0.2, 0) is 19.2 Å². The van der Waals surface area contributed by atoms with Gasteiger partial charge in [-0.05, 0) is 6.42 Å². The summed E-state index contributed by atoms with van der Waals surface area (Å²) in [7, 11) is 0. The van der Waals surface area contributed by atoms with Crippen LogP contribution in [-0.4, -0.2) is 77.6 Å². The fourth-order valence-corrected chi connectivity index (χ4v) is 2.84. The Morgan fingerprint density at radius 3 is 2.32 bits per heavy atom. The SMILES string of the molecule is CC(=O)N1CCN(C(=O)CN2CCCC2=O)CC(C(N)=O)C1. The third kappa shape index (κ3) is 3.75. The molecule has 0 aromatic heterocycles. The molecule has 0 saturated carbocycles. The van der Waals surface area contributed by atoms with Crippen molar-refractivity contribution < 1.29 is 19.2 Å². The number of carbonyl (C=O) groups is 4. The van der Waals surface area contributed by atoms with E-state index in [0.717, 1.165) is 6.42 Å². The molecule has 0 bridgehead atoms. The van der Waals surface area contributed by atoms with E-state index in [1.54, 1.807) is 0 Å². The second kappa shape index (κ2) is 6.76. The van der Waals surface area contributed by atoms with Crippen LogP contribution in [0.5, 0.6) is 0 Å². The summed E-state index contributed by atoms with van der Waals surface area (Å²) in [4.78, 5) is 51.6. The van der Waals surface area contributed by atoms with Gasteiger partial charge in [0, 0.05) is 46.1 Å². The van der Waals surface area contributed by atoms with E-state index in [-0.39, 0.29) is 37.4 Å². The highest BCUT2D eigenvalue weighted by atomic mass is 16.2. The summed E-state index contributed by atoms with van der Waals surface area (Å²) in [5, 5.41) is 0. The quantitative estimate of drug-likeness (QED) is 0.678. The van der Waals surface area contributed by atoms with Gasteiger partial charge in [-0.3, -0.25) is 19.2 Å². The molecule has 1 unspecified atom stereocenters. The lowest BCUT2D eigenvalue weighted by Crippen LogP contribution is -2.45. The van der Waals surface area contributed by atoms with Gasteiger partial charge >= 0.3 is 0 Å². The fourth-order valence-electron chi connectivity index (χ4n) is 2.84. The molecule has 2 heterocycles. The Morgan fingerprint density at radius 2 is 1.77 bits per heavy atom. The molecule has 0 aliphatic carbocycles. The number of primary amides is 1. The number of nitrogens with two attached hydrogens (primary N) is 1. The maximum absolute atomic E-state index is 12.4. The lowest BCUT2D eigenvalue weighted by Gasteiger charge is -2.25. The maximum Gasteiger partial charge on any atom is 0.242 e. The van der Waals surface area contributed by atoms with Crippen LogP contribution in [0.4, 0.5) is 0 Å². The maximum atomic E-state index is 12.4. The zero-order valence-electron chi connectivity index (χ0n) is 12.8. The van der Waals surface area contributed by atoms with Gasteiger partial charge in [0.15, 0.2) is 0 Å². The monoisotopic (exact) mass is 310 g/mol. The number of carbonyl (C=O) groups excluding carboxylic acids is 4. The normalized spacial score (nSPS) is 22.7. The minimum Gasteiger partial charge on any atom is -0.369 e. The molecule has 0 spiro atoms. The number of nitrogens with zero attached hydrogens (tertiary/aromatic N) is 3. The molecule has 22 heavy (non-hydrogen) atoms. The number of likely N-dealkylation sites (tertiary alicyclic amines) is 1. The lowest BCUT2D eigenvalue weighted by molar-refractivity contribution is -0.139. The summed E-state index contributed by atoms with van der Waals surface area (Å²) in [5.41, 5.74) is 5.37. The number of hydrogen-bond acceptors (Lipinski definition) is 4. The lowest BCUT2D eigenvalue weighted by atomic mass is 10.1. The molecule has 122 valence electrons. The van der Waals surface area contributed by atoms with Crippen molar-refractivity contribution in [3.63, 3.8) is 0 Å². The van der Waals surface area contributed by atoms with Crippen LogP contribution in [0.25, 0.3) is 0 Å². The highest BCUT2D eigenvalue weighted by Crippen LogP contribution is 2.13. The average molecular weight is 310 g/mol. The van der Waals surface area contributed by atoms with Crippen LogP contribution < -0.4 is 5.73 Å². The van der Waals surface area contributed by atoms with E-state index in [0.29, 0.717) is 26.1 Å². The second-order valence-electron chi connectivity index (χ2n) is 5.82. The fraction of sp³-hybridized carbons (Fsp3) is 0.714. The zero-order valence-corrected chi connectivity index (χ0v) is 12.8. The highest BCUT2D eigenvalue weighted by Gasteiger charge is 2.31. The molecule has 2 saturated heterocycles. The van der Waals surface area contributed by atoms with Crippen LogP contribution in [0.1, 0.15) is 19.8 Å². The van der Waals surface area contributed by atoms with Crippen molar-refractivity contribution in [1.29, 1.82) is 0 Å². The molecule has 8 nitrogen and oxygen atoms in total. The van der Waals surface area contributed by atoms with Gasteiger partial charge < -0.3 is 20.4 Å². The Balaban J connectivity index is 2.02. The van der Waals surface area contributed by atoms with E-state index in [9.17, 15) is 19.2 Å². The molecule has 0 aromatic carbocycles.